The molecular formula is C92H118ClN15O21S4. The highest BCUT2D eigenvalue weighted by atomic mass is 35.5. The van der Waals surface area contributed by atoms with Gasteiger partial charge in [0.2, 0.25) is 59.1 Å². The minimum absolute atomic E-state index is 0.0251. The fraction of sp³-hybridized carbons (Fsp3) is 0.467. The molecule has 4 aliphatic heterocycles. The minimum Gasteiger partial charge on any atom is -0.508 e. The molecule has 36 nitrogen and oxygen atoms in total. The maximum absolute atomic E-state index is 15.4. The van der Waals surface area contributed by atoms with E-state index in [9.17, 15) is 53.7 Å². The molecule has 3 saturated heterocycles. The summed E-state index contributed by atoms with van der Waals surface area (Å²) in [6, 6.07) is 18.6. The first-order chi connectivity index (χ1) is 63.2. The largest absolute Gasteiger partial charge is 0.508 e. The number of urea groups is 1. The molecule has 5 heterocycles. The van der Waals surface area contributed by atoms with Crippen molar-refractivity contribution in [2.75, 3.05) is 62.3 Å². The number of likely N-dealkylation sites (N-methyl/N-ethyl adjacent to an activating group) is 1. The second kappa shape index (κ2) is 47.7. The highest BCUT2D eigenvalue weighted by molar-refractivity contribution is 8.77. The number of aromatic amines is 1. The molecule has 18 N–H and O–H groups in total. The number of hydrogen-bond acceptors (Lipinski definition) is 26. The number of allylic oxidation sites excluding steroid dienone is 3. The van der Waals surface area contributed by atoms with Crippen molar-refractivity contribution in [1.82, 2.24) is 57.7 Å². The summed E-state index contributed by atoms with van der Waals surface area (Å²) < 4.78 is 28.4. The molecule has 133 heavy (non-hydrogen) atoms. The van der Waals surface area contributed by atoms with Crippen molar-refractivity contribution in [3.05, 3.63) is 179 Å². The standard InChI is InChI=1S/C92H118ClN15O21S4/c1-50-23-22-31-71(126-11)92(124)46-70(127-89(123)106-92)51(2)78-91(7,129-78)72(45-74(112)108(9)68-42-56(39-50)43-69(125-10)75(68)93)128-87(121)52(3)107(8)73(111)36-38-130-133-90(5,6)77(79(95)113)105-85(119)67-49-132-131-48-66(101-82(116)64(40-54-24-14-12-15-25-54)103-88(122)97-58-26-16-13-17-27-58)84(118)99-63(41-55-32-34-59(110)35-33-55)81(115)100-65(44-57-47-96-61-29-19-18-28-60(57)61)83(117)98-62(30-20-21-37-94)80(114)104-76(53(4)109)86(120)102-67/h12-19,22-29,31-35,42-43,47,51-53,62-67,70-72,76-78,96,109-110,124H,20-21,30,36-41,44-46,48-49,94H2,1-11H3,(H2,95,113)(H,98,117)(H,99,118)(H,100,115)(H,101,116)(H,102,120)(H,104,114)(H,105,119)(H,106,123)(H2,97,103,122)/b31-22+,50-23+/t51-,52+,53-,62?,63+,64-,65-,66+,67+,70+,71-,72+,76+,77-,78?,91+,92+/m1/s1. The third-order valence-corrected chi connectivity index (χ3v) is 29.7. The van der Waals surface area contributed by atoms with E-state index >= 15 is 24.0 Å². The Morgan fingerprint density at radius 1 is 0.812 bits per heavy atom. The van der Waals surface area contributed by atoms with Crippen molar-refractivity contribution in [2.24, 2.45) is 17.4 Å². The number of aliphatic hydroxyl groups excluding tert-OH is 1. The van der Waals surface area contributed by atoms with Gasteiger partial charge >= 0.3 is 18.1 Å². The molecule has 2 unspecified atom stereocenters. The fourth-order valence-electron chi connectivity index (χ4n) is 15.7. The number of unbranched alkanes of at least 4 members (excludes halogenated alkanes) is 1. The number of para-hydroxylation sites is 2. The molecule has 13 amide bonds. The average Bonchev–Trinajstić information content (AvgIpc) is 1.57. The number of carbonyl (C=O) groups excluding carboxylic acids is 13. The first-order valence-corrected chi connectivity index (χ1v) is 48.6. The quantitative estimate of drug-likeness (QED) is 0.0112. The van der Waals surface area contributed by atoms with E-state index in [1.807, 2.05) is 13.0 Å². The van der Waals surface area contributed by atoms with Gasteiger partial charge in [0.05, 0.1) is 31.4 Å². The van der Waals surface area contributed by atoms with Crippen LogP contribution in [0.25, 0.3) is 10.9 Å². The molecule has 4 bridgehead atoms. The number of phenolic OH excluding ortho intramolecular Hbond substituents is 1. The number of aromatic nitrogens is 1. The number of amides is 13. The molecule has 41 heteroatoms. The fourth-order valence-corrected chi connectivity index (χ4v) is 20.9. The number of ether oxygens (including phenoxy) is 5. The number of hydrogen-bond donors (Lipinski definition) is 16. The van der Waals surface area contributed by atoms with Crippen molar-refractivity contribution < 1.29 is 101 Å². The number of nitrogens with zero attached hydrogens (tertiary/aromatic N) is 2. The van der Waals surface area contributed by atoms with Crippen molar-refractivity contribution >= 4 is 154 Å². The van der Waals surface area contributed by atoms with Crippen LogP contribution in [0, 0.1) is 5.92 Å². The molecule has 5 aromatic carbocycles. The number of nitrogens with two attached hydrogens (primary N) is 2. The lowest BCUT2D eigenvalue weighted by atomic mass is 9.83. The van der Waals surface area contributed by atoms with Gasteiger partial charge in [-0.15, -0.1) is 0 Å². The van der Waals surface area contributed by atoms with Crippen LogP contribution in [0.1, 0.15) is 109 Å². The van der Waals surface area contributed by atoms with Crippen molar-refractivity contribution in [3.63, 3.8) is 0 Å². The molecular weight excluding hydrogens is 1810 g/mol. The number of aliphatic hydroxyl groups is 2. The molecule has 17 atom stereocenters. The Morgan fingerprint density at radius 2 is 1.47 bits per heavy atom. The first kappa shape index (κ1) is 104. The summed E-state index contributed by atoms with van der Waals surface area (Å²) in [6.07, 6.45) is -0.778. The van der Waals surface area contributed by atoms with Crippen LogP contribution in [0.3, 0.4) is 0 Å². The number of phenols is 1. The van der Waals surface area contributed by atoms with Crippen molar-refractivity contribution in [2.45, 2.75) is 214 Å². The summed E-state index contributed by atoms with van der Waals surface area (Å²) >= 11 is 6.92. The molecule has 718 valence electrons. The summed E-state index contributed by atoms with van der Waals surface area (Å²) in [4.78, 5) is 196. The summed E-state index contributed by atoms with van der Waals surface area (Å²) in [5, 5.41) is 61.7. The summed E-state index contributed by atoms with van der Waals surface area (Å²) in [6.45, 7) is 11.2. The number of alkyl carbamates (subject to hydrolysis) is 1. The predicted molar refractivity (Wildman–Crippen MR) is 508 cm³/mol. The molecule has 0 saturated carbocycles. The Balaban J connectivity index is 0.890. The minimum atomic E-state index is -1.97. The number of aromatic hydroxyl groups is 1. The SMILES string of the molecule is COc1cc2cc(c1Cl)N(C)C(=O)C[C@H](OC(=O)[C@H](C)N(C)C(=O)CCSSC(C)(C)[C@H](NC(=O)[C@@H]1CSSC[C@H](NC(=O)[C@@H](Cc3ccccc3)NC(=O)Nc3ccccc3)C(=O)N[C@@H](Cc3ccc(O)cc3)C(=O)N[C@H](Cc3c[nH]c4ccccc34)C(=O)NC(CCCCN)C(=O)N[C@@H]([C@@H](C)O)C(=O)N1)C(N)=O)[C@]1(C)OC1[C@H](C)[C@@H]1C[C@@](O)(NC(=O)O1)[C@H](OC)/C=C/C=C(\C)C2. The molecule has 10 rings (SSSR count). The number of esters is 1. The van der Waals surface area contributed by atoms with Crippen LogP contribution in [0.2, 0.25) is 5.02 Å². The highest BCUT2D eigenvalue weighted by Gasteiger charge is 2.65. The van der Waals surface area contributed by atoms with E-state index in [-0.39, 0.29) is 85.2 Å². The van der Waals surface area contributed by atoms with E-state index in [4.69, 9.17) is 46.8 Å². The molecule has 6 aromatic rings. The van der Waals surface area contributed by atoms with E-state index in [2.05, 4.69) is 58.2 Å². The van der Waals surface area contributed by atoms with Crippen molar-refractivity contribution in [3.8, 4) is 11.5 Å². The predicted octanol–water partition coefficient (Wildman–Crippen LogP) is 5.95. The van der Waals surface area contributed by atoms with E-state index < -0.39 is 196 Å². The Labute approximate surface area is 791 Å². The lowest BCUT2D eigenvalue weighted by Crippen LogP contribution is -2.63. The van der Waals surface area contributed by atoms with Gasteiger partial charge in [0, 0.05) is 104 Å². The van der Waals surface area contributed by atoms with E-state index in [0.29, 0.717) is 51.7 Å². The number of halogens is 1. The normalized spacial score (nSPS) is 25.3. The monoisotopic (exact) mass is 1930 g/mol. The Kier molecular flexibility index (Phi) is 37.3. The van der Waals surface area contributed by atoms with Crippen LogP contribution in [-0.4, -0.2) is 255 Å². The number of fused-ring (bicyclic) bond motifs is 6. The zero-order chi connectivity index (χ0) is 96.8. The maximum Gasteiger partial charge on any atom is 0.409 e. The highest BCUT2D eigenvalue weighted by Crippen LogP contribution is 2.50. The molecule has 0 aliphatic carbocycles. The first-order valence-electron chi connectivity index (χ1n) is 43.4. The van der Waals surface area contributed by atoms with Gasteiger partial charge in [-0.2, -0.15) is 0 Å². The van der Waals surface area contributed by atoms with Gasteiger partial charge in [-0.05, 0) is 138 Å². The molecule has 0 radical (unpaired) electrons. The van der Waals surface area contributed by atoms with Crippen LogP contribution in [0.15, 0.2) is 151 Å². The number of benzene rings is 5. The van der Waals surface area contributed by atoms with Crippen LogP contribution in [0.4, 0.5) is 21.0 Å². The van der Waals surface area contributed by atoms with Crippen molar-refractivity contribution in [1.29, 1.82) is 0 Å². The Hall–Kier alpha value is -11.1. The van der Waals surface area contributed by atoms with E-state index in [1.165, 1.54) is 71.3 Å². The summed E-state index contributed by atoms with van der Waals surface area (Å²) in [5.41, 5.74) is 13.2. The van der Waals surface area contributed by atoms with Crippen LogP contribution in [0.5, 0.6) is 11.5 Å². The van der Waals surface area contributed by atoms with Gasteiger partial charge in [-0.1, -0.05) is 164 Å². The Morgan fingerprint density at radius 3 is 2.14 bits per heavy atom. The van der Waals surface area contributed by atoms with Crippen LogP contribution in [-0.2, 0) is 97.4 Å². The van der Waals surface area contributed by atoms with Gasteiger partial charge in [0.1, 0.15) is 94.8 Å². The number of carbonyl (C=O) groups is 13. The third-order valence-electron chi connectivity index (χ3n) is 23.6. The second-order valence-corrected chi connectivity index (χ2v) is 40.0. The maximum atomic E-state index is 15.4. The number of rotatable bonds is 29. The average molecular weight is 1930 g/mol. The number of anilines is 2. The van der Waals surface area contributed by atoms with E-state index in [0.717, 1.165) is 53.6 Å². The smallest absolute Gasteiger partial charge is 0.409 e. The topological polar surface area (TPSA) is 527 Å². The number of H-pyrrole nitrogens is 1. The van der Waals surface area contributed by atoms with Gasteiger partial charge in [-0.25, -0.2) is 14.4 Å². The second-order valence-electron chi connectivity index (χ2n) is 34.0. The third kappa shape index (κ3) is 28.3. The molecule has 1 aromatic heterocycles. The summed E-state index contributed by atoms with van der Waals surface area (Å²) in [7, 11) is 9.63. The van der Waals surface area contributed by atoms with Gasteiger partial charge in [-0.3, -0.25) is 53.3 Å². The summed E-state index contributed by atoms with van der Waals surface area (Å²) in [5.74, 6) is -11.2. The number of primary amides is 1. The number of epoxide rings is 1. The molecule has 0 spiro atoms. The number of methoxy groups -OCH3 is 2. The lowest BCUT2D eigenvalue weighted by molar-refractivity contribution is -0.162. The van der Waals surface area contributed by atoms with Crippen LogP contribution < -0.4 is 74.3 Å². The zero-order valence-corrected chi connectivity index (χ0v) is 79.7. The van der Waals surface area contributed by atoms with Gasteiger partial charge in [0.15, 0.2) is 5.72 Å². The van der Waals surface area contributed by atoms with Crippen LogP contribution >= 0.6 is 54.8 Å². The molecule has 3 fully saturated rings. The van der Waals surface area contributed by atoms with Gasteiger partial charge < -0.3 is 113 Å². The zero-order valence-electron chi connectivity index (χ0n) is 75.7. The lowest BCUT2D eigenvalue weighted by Gasteiger charge is -2.42. The number of nitrogens with one attached hydrogen (secondary N) is 11. The molecule has 4 aliphatic rings. The Bertz CT molecular complexity index is 5220. The van der Waals surface area contributed by atoms with Gasteiger partial charge in [0.25, 0.3) is 0 Å². The van der Waals surface area contributed by atoms with E-state index in [1.54, 1.807) is 143 Å².